The summed E-state index contributed by atoms with van der Waals surface area (Å²) in [6.07, 6.45) is 9.58. The van der Waals surface area contributed by atoms with Crippen LogP contribution in [0, 0.1) is 5.41 Å². The van der Waals surface area contributed by atoms with E-state index in [0.717, 1.165) is 23.3 Å². The average Bonchev–Trinajstić information content (AvgIpc) is 2.72. The molecule has 0 bridgehead atoms. The van der Waals surface area contributed by atoms with Crippen molar-refractivity contribution in [3.8, 4) is 0 Å². The van der Waals surface area contributed by atoms with E-state index in [9.17, 15) is 4.79 Å². The highest BCUT2D eigenvalue weighted by molar-refractivity contribution is 6.30. The fourth-order valence-electron chi connectivity index (χ4n) is 3.87. The highest BCUT2D eigenvalue weighted by atomic mass is 16.1. The Hall–Kier alpha value is -2.50. The highest BCUT2D eigenvalue weighted by Crippen LogP contribution is 2.47. The molecule has 5 nitrogen and oxygen atoms in total. The normalized spacial score (nSPS) is 27.3. The molecule has 0 saturated heterocycles. The molecule has 2 aliphatic heterocycles. The fourth-order valence-corrected chi connectivity index (χ4v) is 3.87. The lowest BCUT2D eigenvalue weighted by atomic mass is 9.77. The summed E-state index contributed by atoms with van der Waals surface area (Å²) in [7, 11) is 4.10. The average molecular weight is 334 g/mol. The first-order valence-corrected chi connectivity index (χ1v) is 8.50. The molecule has 2 N–H and O–H groups in total. The molecule has 0 fully saturated rings. The van der Waals surface area contributed by atoms with E-state index in [2.05, 4.69) is 58.9 Å². The van der Waals surface area contributed by atoms with E-state index in [0.29, 0.717) is 6.67 Å². The van der Waals surface area contributed by atoms with Crippen LogP contribution in [0.1, 0.15) is 11.1 Å². The second-order valence-corrected chi connectivity index (χ2v) is 6.97. The molecule has 25 heavy (non-hydrogen) atoms. The van der Waals surface area contributed by atoms with Crippen molar-refractivity contribution in [3.05, 3.63) is 65.5 Å². The molecule has 4 rings (SSSR count). The number of rotatable bonds is 3. The predicted molar refractivity (Wildman–Crippen MR) is 99.9 cm³/mol. The van der Waals surface area contributed by atoms with Gasteiger partial charge in [0.05, 0.1) is 18.1 Å². The summed E-state index contributed by atoms with van der Waals surface area (Å²) in [6.45, 7) is 1.45. The molecule has 0 aromatic heterocycles. The van der Waals surface area contributed by atoms with Crippen LogP contribution in [0.4, 0.5) is 0 Å². The van der Waals surface area contributed by atoms with Gasteiger partial charge in [-0.25, -0.2) is 0 Å². The molecule has 2 atom stereocenters. The maximum absolute atomic E-state index is 13.2. The van der Waals surface area contributed by atoms with Crippen molar-refractivity contribution in [2.24, 2.45) is 10.4 Å². The molecule has 1 aromatic rings. The number of ketones is 1. The summed E-state index contributed by atoms with van der Waals surface area (Å²) in [5.74, 6) is 0.127. The molecular formula is C20H22N4O. The number of aliphatic imine (C=N–C) groups is 1. The lowest BCUT2D eigenvalue weighted by Crippen LogP contribution is -2.48. The van der Waals surface area contributed by atoms with Crippen LogP contribution < -0.4 is 10.6 Å². The molecule has 5 heteroatoms. The van der Waals surface area contributed by atoms with Crippen molar-refractivity contribution in [1.82, 2.24) is 15.5 Å². The second-order valence-electron chi connectivity index (χ2n) is 6.97. The van der Waals surface area contributed by atoms with Crippen molar-refractivity contribution in [1.29, 1.82) is 0 Å². The molecule has 128 valence electrons. The summed E-state index contributed by atoms with van der Waals surface area (Å²) >= 11 is 0. The Balaban J connectivity index is 1.80. The zero-order chi connectivity index (χ0) is 17.4. The van der Waals surface area contributed by atoms with Gasteiger partial charge in [0.15, 0.2) is 5.78 Å². The standard InChI is InChI=1S/C20H22N4O/c1-24(2)11-14-3-5-15(6-4-14)17-16-7-9-21-12-20(16)8-10-22-13-23-19(20)18(17)25/h3-10,12,19,22-23H,11,13H2,1-2H3. The van der Waals surface area contributed by atoms with Gasteiger partial charge in [-0.1, -0.05) is 30.3 Å². The first-order chi connectivity index (χ1) is 12.1. The molecule has 2 unspecified atom stereocenters. The Morgan fingerprint density at radius 3 is 2.84 bits per heavy atom. The van der Waals surface area contributed by atoms with Crippen LogP contribution in [0.25, 0.3) is 5.57 Å². The number of carbonyl (C=O) groups is 1. The highest BCUT2D eigenvalue weighted by Gasteiger charge is 2.51. The third-order valence-corrected chi connectivity index (χ3v) is 4.96. The van der Waals surface area contributed by atoms with Gasteiger partial charge < -0.3 is 10.2 Å². The van der Waals surface area contributed by atoms with Crippen LogP contribution in [0.2, 0.25) is 0 Å². The topological polar surface area (TPSA) is 56.7 Å². The Labute approximate surface area is 147 Å². The summed E-state index contributed by atoms with van der Waals surface area (Å²) in [4.78, 5) is 19.7. The summed E-state index contributed by atoms with van der Waals surface area (Å²) in [5.41, 5.74) is 3.51. The van der Waals surface area contributed by atoms with Crippen molar-refractivity contribution in [2.45, 2.75) is 12.6 Å². The zero-order valence-electron chi connectivity index (χ0n) is 14.5. The van der Waals surface area contributed by atoms with Crippen molar-refractivity contribution in [3.63, 3.8) is 0 Å². The van der Waals surface area contributed by atoms with E-state index in [-0.39, 0.29) is 11.8 Å². The van der Waals surface area contributed by atoms with E-state index >= 15 is 0 Å². The third kappa shape index (κ3) is 2.56. The largest absolute Gasteiger partial charge is 0.379 e. The summed E-state index contributed by atoms with van der Waals surface area (Å²) in [6, 6.07) is 7.99. The molecule has 1 aliphatic carbocycles. The lowest BCUT2D eigenvalue weighted by Gasteiger charge is -2.30. The Morgan fingerprint density at radius 2 is 2.08 bits per heavy atom. The van der Waals surface area contributed by atoms with Crippen molar-refractivity contribution < 1.29 is 4.79 Å². The van der Waals surface area contributed by atoms with Crippen LogP contribution in [-0.4, -0.2) is 43.7 Å². The monoisotopic (exact) mass is 334 g/mol. The number of nitrogens with zero attached hydrogens (tertiary/aromatic N) is 2. The number of benzene rings is 1. The van der Waals surface area contributed by atoms with Crippen LogP contribution in [-0.2, 0) is 11.3 Å². The van der Waals surface area contributed by atoms with Gasteiger partial charge in [0.2, 0.25) is 0 Å². The Bertz CT molecular complexity index is 817. The van der Waals surface area contributed by atoms with Gasteiger partial charge >= 0.3 is 0 Å². The molecule has 2 heterocycles. The minimum Gasteiger partial charge on any atom is -0.379 e. The predicted octanol–water partition coefficient (Wildman–Crippen LogP) is 1.70. The number of hydrogen-bond donors (Lipinski definition) is 2. The van der Waals surface area contributed by atoms with Gasteiger partial charge in [0, 0.05) is 24.5 Å². The van der Waals surface area contributed by atoms with Gasteiger partial charge in [-0.15, -0.1) is 0 Å². The first-order valence-electron chi connectivity index (χ1n) is 8.50. The number of allylic oxidation sites excluding steroid dienone is 1. The van der Waals surface area contributed by atoms with Gasteiger partial charge in [-0.3, -0.25) is 15.1 Å². The lowest BCUT2D eigenvalue weighted by molar-refractivity contribution is -0.115. The SMILES string of the molecule is CN(C)Cc1ccc(C2=C3C=CN=CC34C=CNCNC4C2=O)cc1. The van der Waals surface area contributed by atoms with E-state index in [1.807, 2.05) is 24.6 Å². The minimum absolute atomic E-state index is 0.127. The molecule has 1 aromatic carbocycles. The first kappa shape index (κ1) is 16.0. The maximum atomic E-state index is 13.2. The smallest absolute Gasteiger partial charge is 0.182 e. The molecule has 0 amide bonds. The molecule has 3 aliphatic rings. The van der Waals surface area contributed by atoms with Crippen LogP contribution in [0.5, 0.6) is 0 Å². The van der Waals surface area contributed by atoms with Crippen molar-refractivity contribution in [2.75, 3.05) is 20.8 Å². The Kier molecular flexibility index (Phi) is 3.90. The van der Waals surface area contributed by atoms with Gasteiger partial charge in [0.1, 0.15) is 0 Å². The van der Waals surface area contributed by atoms with E-state index < -0.39 is 5.41 Å². The van der Waals surface area contributed by atoms with E-state index in [1.54, 1.807) is 6.20 Å². The van der Waals surface area contributed by atoms with Crippen LogP contribution in [0.15, 0.2) is 59.4 Å². The fraction of sp³-hybridized carbons (Fsp3) is 0.300. The summed E-state index contributed by atoms with van der Waals surface area (Å²) in [5, 5.41) is 6.47. The third-order valence-electron chi connectivity index (χ3n) is 4.96. The molecule has 1 spiro atoms. The quantitative estimate of drug-likeness (QED) is 0.883. The number of hydrogen-bond acceptors (Lipinski definition) is 5. The summed E-state index contributed by atoms with van der Waals surface area (Å²) < 4.78 is 0. The number of Topliss-reactive ketones (excluding diaryl/α,β-unsaturated/α-hetero) is 1. The van der Waals surface area contributed by atoms with Crippen LogP contribution in [0.3, 0.4) is 0 Å². The molecule has 0 radical (unpaired) electrons. The minimum atomic E-state index is -0.507. The van der Waals surface area contributed by atoms with Crippen LogP contribution >= 0.6 is 0 Å². The Morgan fingerprint density at radius 1 is 1.28 bits per heavy atom. The maximum Gasteiger partial charge on any atom is 0.182 e. The van der Waals surface area contributed by atoms with Crippen molar-refractivity contribution >= 4 is 17.6 Å². The van der Waals surface area contributed by atoms with Gasteiger partial charge in [-0.2, -0.15) is 0 Å². The van der Waals surface area contributed by atoms with E-state index in [1.165, 1.54) is 5.56 Å². The van der Waals surface area contributed by atoms with E-state index in [4.69, 9.17) is 0 Å². The number of carbonyl (C=O) groups excluding carboxylic acids is 1. The zero-order valence-corrected chi connectivity index (χ0v) is 14.5. The second kappa shape index (κ2) is 6.10. The molecule has 0 saturated carbocycles. The van der Waals surface area contributed by atoms with Gasteiger partial charge in [0.25, 0.3) is 0 Å². The van der Waals surface area contributed by atoms with Gasteiger partial charge in [-0.05, 0) is 43.1 Å². The number of nitrogens with one attached hydrogen (secondary N) is 2. The molecular weight excluding hydrogens is 312 g/mol.